The van der Waals surface area contributed by atoms with Gasteiger partial charge in [-0.3, -0.25) is 4.79 Å². The fraction of sp³-hybridized carbons (Fsp3) is 0.217. The Morgan fingerprint density at radius 2 is 1.93 bits per heavy atom. The quantitative estimate of drug-likeness (QED) is 0.556. The van der Waals surface area contributed by atoms with Crippen LogP contribution in [-0.4, -0.2) is 16.5 Å². The van der Waals surface area contributed by atoms with Crippen molar-refractivity contribution >= 4 is 22.8 Å². The lowest BCUT2D eigenvalue weighted by atomic mass is 10.1. The van der Waals surface area contributed by atoms with Crippen LogP contribution in [0.3, 0.4) is 0 Å². The highest BCUT2D eigenvalue weighted by Crippen LogP contribution is 2.28. The van der Waals surface area contributed by atoms with Crippen molar-refractivity contribution in [2.24, 2.45) is 0 Å². The van der Waals surface area contributed by atoms with Gasteiger partial charge in [0, 0.05) is 22.8 Å². The Hall–Kier alpha value is -3.32. The maximum absolute atomic E-state index is 12.3. The first-order valence-corrected chi connectivity index (χ1v) is 9.18. The molecule has 1 aliphatic carbocycles. The number of benzene rings is 2. The van der Waals surface area contributed by atoms with Crippen LogP contribution in [0.4, 0.5) is 0 Å². The van der Waals surface area contributed by atoms with Crippen molar-refractivity contribution in [3.05, 3.63) is 71.1 Å². The van der Waals surface area contributed by atoms with Crippen LogP contribution in [-0.2, 0) is 4.79 Å². The van der Waals surface area contributed by atoms with E-state index in [9.17, 15) is 10.1 Å². The predicted octanol–water partition coefficient (Wildman–Crippen LogP) is 4.43. The summed E-state index contributed by atoms with van der Waals surface area (Å²) in [6, 6.07) is 18.8. The second-order valence-corrected chi connectivity index (χ2v) is 7.08. The molecule has 3 aromatic rings. The molecule has 1 heterocycles. The second kappa shape index (κ2) is 6.77. The van der Waals surface area contributed by atoms with E-state index in [0.29, 0.717) is 0 Å². The first-order valence-electron chi connectivity index (χ1n) is 9.18. The largest absolute Gasteiger partial charge is 0.349 e. The Morgan fingerprint density at radius 3 is 2.67 bits per heavy atom. The van der Waals surface area contributed by atoms with Crippen LogP contribution >= 0.6 is 0 Å². The van der Waals surface area contributed by atoms with Crippen molar-refractivity contribution in [1.29, 1.82) is 5.26 Å². The van der Waals surface area contributed by atoms with Crippen molar-refractivity contribution < 1.29 is 4.79 Å². The fourth-order valence-electron chi connectivity index (χ4n) is 3.50. The Bertz CT molecular complexity index is 1110. The summed E-state index contributed by atoms with van der Waals surface area (Å²) < 4.78 is 2.18. The van der Waals surface area contributed by atoms with E-state index in [-0.39, 0.29) is 17.5 Å². The molecule has 134 valence electrons. The van der Waals surface area contributed by atoms with E-state index in [1.807, 2.05) is 38.1 Å². The number of hydrogen-bond donors (Lipinski definition) is 1. The molecular weight excluding hydrogens is 334 g/mol. The zero-order chi connectivity index (χ0) is 19.0. The van der Waals surface area contributed by atoms with Gasteiger partial charge in [0.15, 0.2) is 0 Å². The Morgan fingerprint density at radius 1 is 1.19 bits per heavy atom. The number of hydrogen-bond acceptors (Lipinski definition) is 2. The van der Waals surface area contributed by atoms with Crippen molar-refractivity contribution in [3.8, 4) is 11.8 Å². The lowest BCUT2D eigenvalue weighted by molar-refractivity contribution is -0.117. The third-order valence-corrected chi connectivity index (χ3v) is 5.06. The Balaban J connectivity index is 1.79. The third kappa shape index (κ3) is 3.24. The van der Waals surface area contributed by atoms with Crippen LogP contribution in [0.1, 0.15) is 29.8 Å². The average Bonchev–Trinajstić information content (AvgIpc) is 3.44. The number of nitrogens with zero attached hydrogens (tertiary/aromatic N) is 2. The SMILES string of the molecule is Cc1cc(/C=C(\C#N)C(=O)NC2CC2)c(C)n1-c1cccc2ccccc12. The number of rotatable bonds is 4. The van der Waals surface area contributed by atoms with E-state index in [4.69, 9.17) is 0 Å². The summed E-state index contributed by atoms with van der Waals surface area (Å²) in [4.78, 5) is 12.3. The fourth-order valence-corrected chi connectivity index (χ4v) is 3.50. The van der Waals surface area contributed by atoms with Crippen LogP contribution in [0.25, 0.3) is 22.5 Å². The molecule has 27 heavy (non-hydrogen) atoms. The molecule has 0 aliphatic heterocycles. The number of carbonyl (C=O) groups excluding carboxylic acids is 1. The van der Waals surface area contributed by atoms with Crippen molar-refractivity contribution in [2.75, 3.05) is 0 Å². The van der Waals surface area contributed by atoms with Gasteiger partial charge in [0.1, 0.15) is 11.6 Å². The van der Waals surface area contributed by atoms with E-state index >= 15 is 0 Å². The molecule has 1 fully saturated rings. The summed E-state index contributed by atoms with van der Waals surface area (Å²) in [6.07, 6.45) is 3.70. The predicted molar refractivity (Wildman–Crippen MR) is 108 cm³/mol. The summed E-state index contributed by atoms with van der Waals surface area (Å²) in [5.41, 5.74) is 4.22. The lowest BCUT2D eigenvalue weighted by Crippen LogP contribution is -2.26. The molecule has 0 radical (unpaired) electrons. The molecule has 1 aromatic heterocycles. The summed E-state index contributed by atoms with van der Waals surface area (Å²) >= 11 is 0. The number of amides is 1. The normalized spacial score (nSPS) is 14.2. The van der Waals surface area contributed by atoms with Gasteiger partial charge in [0.2, 0.25) is 0 Å². The molecule has 0 saturated heterocycles. The van der Waals surface area contributed by atoms with E-state index in [1.54, 1.807) is 6.08 Å². The van der Waals surface area contributed by atoms with Crippen LogP contribution in [0.2, 0.25) is 0 Å². The molecular formula is C23H21N3O. The molecule has 4 heteroatoms. The van der Waals surface area contributed by atoms with Gasteiger partial charge < -0.3 is 9.88 Å². The highest BCUT2D eigenvalue weighted by molar-refractivity contribution is 6.02. The van der Waals surface area contributed by atoms with E-state index < -0.39 is 0 Å². The van der Waals surface area contributed by atoms with Gasteiger partial charge in [-0.05, 0) is 55.8 Å². The van der Waals surface area contributed by atoms with E-state index in [0.717, 1.165) is 35.5 Å². The minimum absolute atomic E-state index is 0.153. The molecule has 4 nitrogen and oxygen atoms in total. The van der Waals surface area contributed by atoms with Crippen LogP contribution in [0.5, 0.6) is 0 Å². The first-order chi connectivity index (χ1) is 13.1. The molecule has 0 unspecified atom stereocenters. The van der Waals surface area contributed by atoms with E-state index in [2.05, 4.69) is 40.2 Å². The van der Waals surface area contributed by atoms with Gasteiger partial charge in [-0.1, -0.05) is 36.4 Å². The number of aryl methyl sites for hydroxylation is 1. The van der Waals surface area contributed by atoms with Gasteiger partial charge in [-0.2, -0.15) is 5.26 Å². The topological polar surface area (TPSA) is 57.8 Å². The smallest absolute Gasteiger partial charge is 0.262 e. The minimum atomic E-state index is -0.282. The monoisotopic (exact) mass is 355 g/mol. The summed E-state index contributed by atoms with van der Waals surface area (Å²) in [7, 11) is 0. The molecule has 1 N–H and O–H groups in total. The number of fused-ring (bicyclic) bond motifs is 1. The number of nitrogens with one attached hydrogen (secondary N) is 1. The first kappa shape index (κ1) is 17.1. The van der Waals surface area contributed by atoms with Crippen LogP contribution in [0, 0.1) is 25.2 Å². The number of carbonyl (C=O) groups is 1. The third-order valence-electron chi connectivity index (χ3n) is 5.06. The Labute approximate surface area is 158 Å². The lowest BCUT2D eigenvalue weighted by Gasteiger charge is -2.13. The molecule has 1 amide bonds. The summed E-state index contributed by atoms with van der Waals surface area (Å²) in [6.45, 7) is 4.07. The molecule has 0 spiro atoms. The zero-order valence-corrected chi connectivity index (χ0v) is 15.5. The molecule has 0 atom stereocenters. The summed E-state index contributed by atoms with van der Waals surface area (Å²) in [5.74, 6) is -0.282. The highest BCUT2D eigenvalue weighted by Gasteiger charge is 2.25. The standard InChI is InChI=1S/C23H21N3O/c1-15-12-18(13-19(14-24)23(27)25-20-10-11-20)16(2)26(15)22-9-5-7-17-6-3-4-8-21(17)22/h3-9,12-13,20H,10-11H2,1-2H3,(H,25,27)/b19-13+. The van der Waals surface area contributed by atoms with Crippen LogP contribution in [0.15, 0.2) is 54.1 Å². The number of aromatic nitrogens is 1. The van der Waals surface area contributed by atoms with Crippen molar-refractivity contribution in [1.82, 2.24) is 9.88 Å². The zero-order valence-electron chi connectivity index (χ0n) is 15.5. The molecule has 2 aromatic carbocycles. The van der Waals surface area contributed by atoms with Gasteiger partial charge >= 0.3 is 0 Å². The van der Waals surface area contributed by atoms with Crippen LogP contribution < -0.4 is 5.32 Å². The molecule has 0 bridgehead atoms. The summed E-state index contributed by atoms with van der Waals surface area (Å²) in [5, 5.41) is 14.7. The maximum atomic E-state index is 12.3. The molecule has 1 saturated carbocycles. The van der Waals surface area contributed by atoms with Gasteiger partial charge in [-0.25, -0.2) is 0 Å². The minimum Gasteiger partial charge on any atom is -0.349 e. The van der Waals surface area contributed by atoms with Gasteiger partial charge in [0.25, 0.3) is 5.91 Å². The molecule has 4 rings (SSSR count). The average molecular weight is 355 g/mol. The van der Waals surface area contributed by atoms with Crippen molar-refractivity contribution in [3.63, 3.8) is 0 Å². The second-order valence-electron chi connectivity index (χ2n) is 7.08. The van der Waals surface area contributed by atoms with E-state index in [1.165, 1.54) is 10.8 Å². The number of nitriles is 1. The van der Waals surface area contributed by atoms with Crippen molar-refractivity contribution in [2.45, 2.75) is 32.7 Å². The maximum Gasteiger partial charge on any atom is 0.262 e. The van der Waals surface area contributed by atoms with Gasteiger partial charge in [-0.15, -0.1) is 0 Å². The van der Waals surface area contributed by atoms with Gasteiger partial charge in [0.05, 0.1) is 5.69 Å². The highest BCUT2D eigenvalue weighted by atomic mass is 16.1. The Kier molecular flexibility index (Phi) is 4.29. The molecule has 1 aliphatic rings.